The first-order chi connectivity index (χ1) is 17.7. The minimum absolute atomic E-state index is 0.0754. The summed E-state index contributed by atoms with van der Waals surface area (Å²) in [7, 11) is 14.4. The van der Waals surface area contributed by atoms with Gasteiger partial charge in [-0.3, -0.25) is 14.5 Å². The number of aromatic nitrogens is 3. The number of hydrogen-bond acceptors (Lipinski definition) is 4. The molecular weight excluding hydrogens is 465 g/mol. The maximum atomic E-state index is 15.4. The van der Waals surface area contributed by atoms with Crippen LogP contribution in [0, 0.1) is 5.82 Å². The van der Waals surface area contributed by atoms with E-state index in [2.05, 4.69) is 16.1 Å². The summed E-state index contributed by atoms with van der Waals surface area (Å²) in [6.07, 6.45) is 5.43. The molecule has 37 heavy (non-hydrogen) atoms. The fraction of sp³-hybridized carbons (Fsp3) is 0.321. The number of amides is 1. The SMILES string of the molecule is [B]C1([B])c2ncccc2C(=O)N1Cc1ccc(-c2ccc(CCCOC(C)C)c3nn(C)cc23)cc1F. The number of rotatable bonds is 8. The molecule has 0 spiro atoms. The van der Waals surface area contributed by atoms with Crippen LogP contribution in [-0.2, 0) is 30.1 Å². The van der Waals surface area contributed by atoms with Crippen molar-refractivity contribution < 1.29 is 13.9 Å². The number of benzene rings is 2. The van der Waals surface area contributed by atoms with Crippen LogP contribution >= 0.6 is 0 Å². The number of halogens is 1. The summed E-state index contributed by atoms with van der Waals surface area (Å²) in [6.45, 7) is 4.66. The Morgan fingerprint density at radius 3 is 2.62 bits per heavy atom. The van der Waals surface area contributed by atoms with Gasteiger partial charge in [0.05, 0.1) is 38.6 Å². The fourth-order valence-electron chi connectivity index (χ4n) is 4.86. The molecule has 2 aromatic carbocycles. The summed E-state index contributed by atoms with van der Waals surface area (Å²) >= 11 is 0. The summed E-state index contributed by atoms with van der Waals surface area (Å²) in [5.41, 5.74) is 4.57. The summed E-state index contributed by atoms with van der Waals surface area (Å²) in [4.78, 5) is 18.3. The van der Waals surface area contributed by atoms with Gasteiger partial charge < -0.3 is 9.64 Å². The highest BCUT2D eigenvalue weighted by Gasteiger charge is 2.43. The third-order valence-electron chi connectivity index (χ3n) is 6.72. The Kier molecular flexibility index (Phi) is 6.67. The molecule has 0 unspecified atom stereocenters. The van der Waals surface area contributed by atoms with E-state index in [4.69, 9.17) is 20.4 Å². The molecular formula is C28H27B2FN4O2. The maximum Gasteiger partial charge on any atom is 0.255 e. The van der Waals surface area contributed by atoms with Crippen LogP contribution in [0.5, 0.6) is 0 Å². The average molecular weight is 492 g/mol. The molecule has 0 saturated carbocycles. The fourth-order valence-corrected chi connectivity index (χ4v) is 4.86. The minimum Gasteiger partial charge on any atom is -0.379 e. The van der Waals surface area contributed by atoms with Crippen LogP contribution in [-0.4, -0.2) is 54.0 Å². The minimum atomic E-state index is -1.61. The van der Waals surface area contributed by atoms with E-state index in [1.165, 1.54) is 17.2 Å². The second kappa shape index (κ2) is 9.78. The van der Waals surface area contributed by atoms with Gasteiger partial charge in [0.1, 0.15) is 5.82 Å². The summed E-state index contributed by atoms with van der Waals surface area (Å²) in [5.74, 6) is -0.819. The predicted molar refractivity (Wildman–Crippen MR) is 143 cm³/mol. The molecule has 0 aliphatic carbocycles. The Morgan fingerprint density at radius 2 is 1.89 bits per heavy atom. The number of ether oxygens (including phenoxy) is 1. The van der Waals surface area contributed by atoms with Gasteiger partial charge >= 0.3 is 0 Å². The van der Waals surface area contributed by atoms with E-state index in [-0.39, 0.29) is 24.2 Å². The molecule has 3 heterocycles. The van der Waals surface area contributed by atoms with Gasteiger partial charge in [-0.15, -0.1) is 0 Å². The van der Waals surface area contributed by atoms with Gasteiger partial charge in [-0.25, -0.2) is 4.39 Å². The van der Waals surface area contributed by atoms with Crippen LogP contribution in [0.2, 0.25) is 0 Å². The molecule has 5 rings (SSSR count). The van der Waals surface area contributed by atoms with Gasteiger partial charge in [-0.05, 0) is 61.6 Å². The highest BCUT2D eigenvalue weighted by molar-refractivity contribution is 6.42. The van der Waals surface area contributed by atoms with E-state index in [1.807, 2.05) is 39.2 Å². The lowest BCUT2D eigenvalue weighted by molar-refractivity contribution is 0.0729. The molecule has 0 fully saturated rings. The monoisotopic (exact) mass is 492 g/mol. The van der Waals surface area contributed by atoms with Crippen molar-refractivity contribution in [3.63, 3.8) is 0 Å². The molecule has 2 aromatic heterocycles. The molecule has 9 heteroatoms. The van der Waals surface area contributed by atoms with Crippen LogP contribution in [0.1, 0.15) is 47.4 Å². The Labute approximate surface area is 218 Å². The third kappa shape index (κ3) is 4.68. The van der Waals surface area contributed by atoms with Gasteiger partial charge in [0, 0.05) is 48.9 Å². The van der Waals surface area contributed by atoms with Crippen molar-refractivity contribution in [3.05, 3.63) is 83.1 Å². The Hall–Kier alpha value is -3.45. The van der Waals surface area contributed by atoms with E-state index in [0.29, 0.717) is 17.7 Å². The van der Waals surface area contributed by atoms with Gasteiger partial charge in [0.25, 0.3) is 5.91 Å². The van der Waals surface area contributed by atoms with Crippen molar-refractivity contribution in [1.29, 1.82) is 0 Å². The lowest BCUT2D eigenvalue weighted by Crippen LogP contribution is -2.44. The number of carbonyl (C=O) groups is 1. The first-order valence-corrected chi connectivity index (χ1v) is 12.4. The molecule has 0 atom stereocenters. The summed E-state index contributed by atoms with van der Waals surface area (Å²) in [6, 6.07) is 12.3. The molecule has 1 aliphatic rings. The van der Waals surface area contributed by atoms with Crippen molar-refractivity contribution in [3.8, 4) is 11.1 Å². The number of hydrogen-bond donors (Lipinski definition) is 0. The van der Waals surface area contributed by atoms with E-state index in [9.17, 15) is 4.79 Å². The van der Waals surface area contributed by atoms with Crippen LogP contribution in [0.15, 0.2) is 54.9 Å². The molecule has 4 aromatic rings. The number of pyridine rings is 1. The molecule has 0 N–H and O–H groups in total. The highest BCUT2D eigenvalue weighted by Crippen LogP contribution is 2.36. The maximum absolute atomic E-state index is 15.4. The molecule has 0 saturated heterocycles. The molecule has 184 valence electrons. The number of nitrogens with zero attached hydrogens (tertiary/aromatic N) is 4. The second-order valence-electron chi connectivity index (χ2n) is 9.78. The zero-order chi connectivity index (χ0) is 26.3. The Bertz CT molecular complexity index is 1480. The van der Waals surface area contributed by atoms with E-state index in [0.717, 1.165) is 40.4 Å². The highest BCUT2D eigenvalue weighted by atomic mass is 19.1. The van der Waals surface area contributed by atoms with Crippen LogP contribution in [0.3, 0.4) is 0 Å². The van der Waals surface area contributed by atoms with E-state index < -0.39 is 11.2 Å². The summed E-state index contributed by atoms with van der Waals surface area (Å²) in [5, 5.41) is 4.01. The van der Waals surface area contributed by atoms with Crippen LogP contribution in [0.25, 0.3) is 22.0 Å². The van der Waals surface area contributed by atoms with Crippen LogP contribution in [0.4, 0.5) is 4.39 Å². The lowest BCUT2D eigenvalue weighted by Gasteiger charge is -2.33. The van der Waals surface area contributed by atoms with Crippen molar-refractivity contribution >= 4 is 32.5 Å². The Morgan fingerprint density at radius 1 is 1.11 bits per heavy atom. The van der Waals surface area contributed by atoms with Crippen molar-refractivity contribution in [2.24, 2.45) is 7.05 Å². The molecule has 0 bridgehead atoms. The normalized spacial score (nSPS) is 14.6. The number of fused-ring (bicyclic) bond motifs is 2. The Balaban J connectivity index is 1.41. The predicted octanol–water partition coefficient (Wildman–Crippen LogP) is 4.24. The average Bonchev–Trinajstić information content (AvgIpc) is 3.34. The van der Waals surface area contributed by atoms with E-state index >= 15 is 4.39 Å². The smallest absolute Gasteiger partial charge is 0.255 e. The topological polar surface area (TPSA) is 60.3 Å². The second-order valence-corrected chi connectivity index (χ2v) is 9.78. The first-order valence-electron chi connectivity index (χ1n) is 12.4. The molecule has 6 nitrogen and oxygen atoms in total. The third-order valence-corrected chi connectivity index (χ3v) is 6.72. The van der Waals surface area contributed by atoms with Crippen LogP contribution < -0.4 is 0 Å². The van der Waals surface area contributed by atoms with Gasteiger partial charge in [-0.1, -0.05) is 24.3 Å². The van der Waals surface area contributed by atoms with Gasteiger partial charge in [0.15, 0.2) is 0 Å². The van der Waals surface area contributed by atoms with E-state index in [1.54, 1.807) is 22.9 Å². The number of carbonyl (C=O) groups excluding carboxylic acids is 1. The lowest BCUT2D eigenvalue weighted by atomic mass is 9.59. The van der Waals surface area contributed by atoms with Crippen molar-refractivity contribution in [2.45, 2.75) is 44.7 Å². The van der Waals surface area contributed by atoms with Gasteiger partial charge in [0.2, 0.25) is 0 Å². The zero-order valence-electron chi connectivity index (χ0n) is 21.2. The zero-order valence-corrected chi connectivity index (χ0v) is 21.2. The molecule has 1 amide bonds. The standard InChI is InChI=1S/C28H27B2FN4O2/c1-17(2)37-13-5-6-18-10-11-21(23-16-34(3)33-25(18)23)19-8-9-20(24(31)14-19)15-35-27(36)22-7-4-12-32-26(22)28(35,29)30/h4,7-12,14,16-17H,5-6,13,15H2,1-3H3. The number of aryl methyl sites for hydroxylation is 2. The molecule has 1 aliphatic heterocycles. The first kappa shape index (κ1) is 25.2. The van der Waals surface area contributed by atoms with Crippen molar-refractivity contribution in [1.82, 2.24) is 19.7 Å². The largest absolute Gasteiger partial charge is 0.379 e. The van der Waals surface area contributed by atoms with Crippen molar-refractivity contribution in [2.75, 3.05) is 6.61 Å². The summed E-state index contributed by atoms with van der Waals surface area (Å²) < 4.78 is 22.8. The molecule has 4 radical (unpaired) electrons. The quantitative estimate of drug-likeness (QED) is 0.273. The van der Waals surface area contributed by atoms with Gasteiger partial charge in [-0.2, -0.15) is 5.10 Å².